The summed E-state index contributed by atoms with van der Waals surface area (Å²) in [6.07, 6.45) is -0.147. The van der Waals surface area contributed by atoms with Crippen molar-refractivity contribution in [2.45, 2.75) is 44.0 Å². The Balaban J connectivity index is 0.00000180. The van der Waals surface area contributed by atoms with Gasteiger partial charge in [0.2, 0.25) is 5.88 Å². The first-order chi connectivity index (χ1) is 8.45. The number of nitrogens with zero attached hydrogens (tertiary/aromatic N) is 1. The normalized spacial score (nSPS) is 23.6. The number of hydrogen-bond donors (Lipinski definition) is 1. The fraction of sp³-hybridized carbons (Fsp3) is 0.583. The Morgan fingerprint density at radius 3 is 2.26 bits per heavy atom. The smallest absolute Gasteiger partial charge is 0.417 e. The molecule has 2 N–H and O–H groups in total. The second-order valence-corrected chi connectivity index (χ2v) is 4.54. The Morgan fingerprint density at radius 2 is 1.79 bits per heavy atom. The monoisotopic (exact) mass is 296 g/mol. The van der Waals surface area contributed by atoms with E-state index in [0.29, 0.717) is 0 Å². The van der Waals surface area contributed by atoms with Gasteiger partial charge in [-0.15, -0.1) is 12.4 Å². The molecule has 1 aromatic rings. The van der Waals surface area contributed by atoms with Crippen LogP contribution in [-0.4, -0.2) is 17.1 Å². The van der Waals surface area contributed by atoms with Crippen LogP contribution in [0.1, 0.15) is 31.2 Å². The van der Waals surface area contributed by atoms with Gasteiger partial charge < -0.3 is 10.5 Å². The Bertz CT molecular complexity index is 389. The predicted octanol–water partition coefficient (Wildman–Crippen LogP) is 3.17. The van der Waals surface area contributed by atoms with Crippen LogP contribution in [0.2, 0.25) is 0 Å². The zero-order chi connectivity index (χ0) is 13.2. The van der Waals surface area contributed by atoms with Crippen molar-refractivity contribution in [3.05, 3.63) is 23.9 Å². The first-order valence-corrected chi connectivity index (χ1v) is 5.90. The molecular weight excluding hydrogens is 281 g/mol. The summed E-state index contributed by atoms with van der Waals surface area (Å²) in [5.74, 6) is 0.239. The van der Waals surface area contributed by atoms with Crippen molar-refractivity contribution in [3.8, 4) is 5.88 Å². The number of halogens is 4. The summed E-state index contributed by atoms with van der Waals surface area (Å²) < 4.78 is 42.5. The lowest BCUT2D eigenvalue weighted by Crippen LogP contribution is -2.31. The van der Waals surface area contributed by atoms with E-state index in [4.69, 9.17) is 10.5 Å². The van der Waals surface area contributed by atoms with Crippen LogP contribution < -0.4 is 10.5 Å². The van der Waals surface area contributed by atoms with Crippen molar-refractivity contribution in [1.82, 2.24) is 4.98 Å². The van der Waals surface area contributed by atoms with Crippen LogP contribution in [-0.2, 0) is 6.18 Å². The molecule has 2 rings (SSSR count). The van der Waals surface area contributed by atoms with Crippen molar-refractivity contribution in [2.75, 3.05) is 0 Å². The Labute approximate surface area is 115 Å². The van der Waals surface area contributed by atoms with E-state index in [2.05, 4.69) is 4.98 Å². The van der Waals surface area contributed by atoms with Gasteiger partial charge in [0.1, 0.15) is 6.10 Å². The molecule has 7 heteroatoms. The molecule has 0 amide bonds. The number of rotatable bonds is 2. The largest absolute Gasteiger partial charge is 0.474 e. The molecule has 0 spiro atoms. The summed E-state index contributed by atoms with van der Waals surface area (Å²) >= 11 is 0. The fourth-order valence-corrected chi connectivity index (χ4v) is 1.99. The molecule has 0 unspecified atom stereocenters. The van der Waals surface area contributed by atoms with Crippen molar-refractivity contribution in [1.29, 1.82) is 0 Å². The van der Waals surface area contributed by atoms with Crippen LogP contribution in [0.25, 0.3) is 0 Å². The highest BCUT2D eigenvalue weighted by Gasteiger charge is 2.31. The van der Waals surface area contributed by atoms with Crippen LogP contribution in [0.15, 0.2) is 18.3 Å². The molecule has 0 bridgehead atoms. The second kappa shape index (κ2) is 6.43. The lowest BCUT2D eigenvalue weighted by molar-refractivity contribution is -0.137. The van der Waals surface area contributed by atoms with Crippen LogP contribution in [0.4, 0.5) is 13.2 Å². The standard InChI is InChI=1S/C12H15F3N2O.ClH/c13-12(14,15)8-1-6-11(17-7-8)18-10-4-2-9(16)3-5-10;/h1,6-7,9-10H,2-5,16H2;1H. The number of hydrogen-bond acceptors (Lipinski definition) is 3. The molecule has 1 heterocycles. The van der Waals surface area contributed by atoms with Gasteiger partial charge in [0.05, 0.1) is 5.56 Å². The average molecular weight is 297 g/mol. The summed E-state index contributed by atoms with van der Waals surface area (Å²) in [4.78, 5) is 3.68. The number of aromatic nitrogens is 1. The molecule has 1 aromatic heterocycles. The Morgan fingerprint density at radius 1 is 1.16 bits per heavy atom. The van der Waals surface area contributed by atoms with E-state index in [1.165, 1.54) is 6.07 Å². The molecule has 0 aliphatic heterocycles. The third kappa shape index (κ3) is 4.54. The minimum Gasteiger partial charge on any atom is -0.474 e. The molecule has 0 radical (unpaired) electrons. The summed E-state index contributed by atoms with van der Waals surface area (Å²) in [6.45, 7) is 0. The van der Waals surface area contributed by atoms with Gasteiger partial charge in [0, 0.05) is 18.3 Å². The molecular formula is C12H16ClF3N2O. The van der Waals surface area contributed by atoms with E-state index in [9.17, 15) is 13.2 Å². The van der Waals surface area contributed by atoms with Gasteiger partial charge >= 0.3 is 6.18 Å². The SMILES string of the molecule is Cl.NC1CCC(Oc2ccc(C(F)(F)F)cn2)CC1. The van der Waals surface area contributed by atoms with Crippen molar-refractivity contribution >= 4 is 12.4 Å². The highest BCUT2D eigenvalue weighted by atomic mass is 35.5. The molecule has 1 saturated carbocycles. The first-order valence-electron chi connectivity index (χ1n) is 5.90. The summed E-state index contributed by atoms with van der Waals surface area (Å²) in [6, 6.07) is 2.46. The maximum atomic E-state index is 12.3. The van der Waals surface area contributed by atoms with Crippen LogP contribution in [0.5, 0.6) is 5.88 Å². The lowest BCUT2D eigenvalue weighted by atomic mass is 9.94. The van der Waals surface area contributed by atoms with Crippen molar-refractivity contribution in [3.63, 3.8) is 0 Å². The number of nitrogens with two attached hydrogens (primary N) is 1. The summed E-state index contributed by atoms with van der Waals surface area (Å²) in [5, 5.41) is 0. The van der Waals surface area contributed by atoms with Gasteiger partial charge in [0.15, 0.2) is 0 Å². The maximum absolute atomic E-state index is 12.3. The Hall–Kier alpha value is -1.01. The zero-order valence-corrected chi connectivity index (χ0v) is 11.0. The highest BCUT2D eigenvalue weighted by molar-refractivity contribution is 5.85. The minimum absolute atomic E-state index is 0. The number of alkyl halides is 3. The van der Waals surface area contributed by atoms with E-state index in [1.54, 1.807) is 0 Å². The molecule has 1 aliphatic rings. The molecule has 0 saturated heterocycles. The van der Waals surface area contributed by atoms with Crippen LogP contribution in [0.3, 0.4) is 0 Å². The van der Waals surface area contributed by atoms with Gasteiger partial charge in [-0.1, -0.05) is 0 Å². The quantitative estimate of drug-likeness (QED) is 0.912. The molecule has 0 atom stereocenters. The van der Waals surface area contributed by atoms with E-state index in [-0.39, 0.29) is 30.4 Å². The lowest BCUT2D eigenvalue weighted by Gasteiger charge is -2.26. The van der Waals surface area contributed by atoms with Crippen molar-refractivity contribution < 1.29 is 17.9 Å². The first kappa shape index (κ1) is 16.0. The highest BCUT2D eigenvalue weighted by Crippen LogP contribution is 2.29. The molecule has 19 heavy (non-hydrogen) atoms. The van der Waals surface area contributed by atoms with E-state index >= 15 is 0 Å². The number of pyridine rings is 1. The molecule has 0 aromatic carbocycles. The maximum Gasteiger partial charge on any atom is 0.417 e. The van der Waals surface area contributed by atoms with E-state index < -0.39 is 11.7 Å². The Kier molecular flexibility index (Phi) is 5.43. The number of ether oxygens (including phenoxy) is 1. The van der Waals surface area contributed by atoms with Crippen LogP contribution >= 0.6 is 12.4 Å². The van der Waals surface area contributed by atoms with Crippen LogP contribution in [0, 0.1) is 0 Å². The zero-order valence-electron chi connectivity index (χ0n) is 10.2. The third-order valence-electron chi connectivity index (χ3n) is 3.07. The third-order valence-corrected chi connectivity index (χ3v) is 3.07. The summed E-state index contributed by atoms with van der Waals surface area (Å²) in [5.41, 5.74) is 5.00. The topological polar surface area (TPSA) is 48.1 Å². The van der Waals surface area contributed by atoms with Gasteiger partial charge in [-0.2, -0.15) is 13.2 Å². The van der Waals surface area contributed by atoms with Gasteiger partial charge in [0.25, 0.3) is 0 Å². The van der Waals surface area contributed by atoms with E-state index in [0.717, 1.165) is 37.9 Å². The molecule has 1 aliphatic carbocycles. The molecule has 3 nitrogen and oxygen atoms in total. The van der Waals surface area contributed by atoms with E-state index in [1.807, 2.05) is 0 Å². The minimum atomic E-state index is -4.36. The van der Waals surface area contributed by atoms with Gasteiger partial charge in [-0.3, -0.25) is 0 Å². The predicted molar refractivity (Wildman–Crippen MR) is 67.3 cm³/mol. The second-order valence-electron chi connectivity index (χ2n) is 4.54. The fourth-order valence-electron chi connectivity index (χ4n) is 1.99. The van der Waals surface area contributed by atoms with Gasteiger partial charge in [-0.05, 0) is 31.7 Å². The summed E-state index contributed by atoms with van der Waals surface area (Å²) in [7, 11) is 0. The molecule has 108 valence electrons. The van der Waals surface area contributed by atoms with Gasteiger partial charge in [-0.25, -0.2) is 4.98 Å². The molecule has 1 fully saturated rings. The van der Waals surface area contributed by atoms with Crippen molar-refractivity contribution in [2.24, 2.45) is 5.73 Å². The average Bonchev–Trinajstić information content (AvgIpc) is 2.32.